The third-order valence-corrected chi connectivity index (χ3v) is 5.82. The molecule has 0 amide bonds. The summed E-state index contributed by atoms with van der Waals surface area (Å²) in [5.41, 5.74) is 3.24. The minimum absolute atomic E-state index is 0.0580. The Morgan fingerprint density at radius 1 is 1.08 bits per heavy atom. The van der Waals surface area contributed by atoms with Gasteiger partial charge >= 0.3 is 5.97 Å². The van der Waals surface area contributed by atoms with Crippen LogP contribution < -0.4 is 9.47 Å². The molecule has 2 saturated carbocycles. The Morgan fingerprint density at radius 3 is 2.58 bits per heavy atom. The van der Waals surface area contributed by atoms with Gasteiger partial charge in [0.15, 0.2) is 0 Å². The highest BCUT2D eigenvalue weighted by atomic mass is 16.6. The average molecular weight is 350 g/mol. The van der Waals surface area contributed by atoms with Crippen LogP contribution in [0.1, 0.15) is 47.2 Å². The van der Waals surface area contributed by atoms with Gasteiger partial charge in [0.05, 0.1) is 12.2 Å². The van der Waals surface area contributed by atoms with E-state index in [4.69, 9.17) is 14.2 Å². The molecule has 0 saturated heterocycles. The number of benzene rings is 2. The van der Waals surface area contributed by atoms with Crippen LogP contribution in [0.5, 0.6) is 11.5 Å². The SMILES string of the molecule is Cc1ccc(OC2CC(OC(=O)c3ccccc3)C2)c2c1OCC21CC1. The lowest BCUT2D eigenvalue weighted by Crippen LogP contribution is -2.40. The zero-order valence-corrected chi connectivity index (χ0v) is 14.9. The van der Waals surface area contributed by atoms with E-state index >= 15 is 0 Å². The summed E-state index contributed by atoms with van der Waals surface area (Å²) in [5, 5.41) is 0. The maximum Gasteiger partial charge on any atom is 0.338 e. The largest absolute Gasteiger partial charge is 0.492 e. The van der Waals surface area contributed by atoms with Gasteiger partial charge in [0.1, 0.15) is 23.7 Å². The van der Waals surface area contributed by atoms with E-state index in [1.165, 1.54) is 24.0 Å². The highest BCUT2D eigenvalue weighted by Gasteiger charge is 2.53. The predicted octanol–water partition coefficient (Wildman–Crippen LogP) is 4.19. The molecule has 5 rings (SSSR count). The summed E-state index contributed by atoms with van der Waals surface area (Å²) in [6, 6.07) is 13.3. The molecule has 3 aliphatic rings. The fourth-order valence-electron chi connectivity index (χ4n) is 3.97. The first-order valence-corrected chi connectivity index (χ1v) is 9.34. The van der Waals surface area contributed by atoms with Gasteiger partial charge in [-0.3, -0.25) is 0 Å². The molecule has 0 unspecified atom stereocenters. The van der Waals surface area contributed by atoms with Crippen molar-refractivity contribution in [3.8, 4) is 11.5 Å². The van der Waals surface area contributed by atoms with E-state index in [1.807, 2.05) is 18.2 Å². The van der Waals surface area contributed by atoms with Gasteiger partial charge in [0, 0.05) is 23.8 Å². The van der Waals surface area contributed by atoms with Crippen LogP contribution in [0.15, 0.2) is 42.5 Å². The summed E-state index contributed by atoms with van der Waals surface area (Å²) >= 11 is 0. The van der Waals surface area contributed by atoms with E-state index in [9.17, 15) is 4.79 Å². The van der Waals surface area contributed by atoms with Crippen molar-refractivity contribution in [2.45, 2.75) is 50.2 Å². The Kier molecular flexibility index (Phi) is 3.49. The quantitative estimate of drug-likeness (QED) is 0.776. The first-order valence-electron chi connectivity index (χ1n) is 9.34. The number of hydrogen-bond donors (Lipinski definition) is 0. The minimum atomic E-state index is -0.254. The van der Waals surface area contributed by atoms with Gasteiger partial charge in [-0.1, -0.05) is 24.3 Å². The van der Waals surface area contributed by atoms with Gasteiger partial charge < -0.3 is 14.2 Å². The van der Waals surface area contributed by atoms with Crippen LogP contribution in [0.2, 0.25) is 0 Å². The van der Waals surface area contributed by atoms with Crippen molar-refractivity contribution in [3.63, 3.8) is 0 Å². The molecule has 4 heteroatoms. The second-order valence-corrected chi connectivity index (χ2v) is 7.76. The third-order valence-electron chi connectivity index (χ3n) is 5.82. The molecule has 0 aromatic heterocycles. The van der Waals surface area contributed by atoms with Crippen molar-refractivity contribution in [1.29, 1.82) is 0 Å². The Balaban J connectivity index is 1.23. The Labute approximate surface area is 153 Å². The lowest BCUT2D eigenvalue weighted by atomic mass is 9.91. The van der Waals surface area contributed by atoms with Crippen LogP contribution in [0, 0.1) is 6.92 Å². The number of fused-ring (bicyclic) bond motifs is 2. The topological polar surface area (TPSA) is 44.8 Å². The van der Waals surface area contributed by atoms with Crippen LogP contribution in [0.3, 0.4) is 0 Å². The third kappa shape index (κ3) is 2.56. The van der Waals surface area contributed by atoms with Crippen molar-refractivity contribution in [2.24, 2.45) is 0 Å². The van der Waals surface area contributed by atoms with E-state index in [0.717, 1.165) is 30.9 Å². The fraction of sp³-hybridized carbons (Fsp3) is 0.409. The summed E-state index contributed by atoms with van der Waals surface area (Å²) in [7, 11) is 0. The minimum Gasteiger partial charge on any atom is -0.492 e. The molecule has 2 aromatic rings. The first-order chi connectivity index (χ1) is 12.6. The summed E-state index contributed by atoms with van der Waals surface area (Å²) in [5.74, 6) is 1.72. The van der Waals surface area contributed by atoms with Gasteiger partial charge in [-0.25, -0.2) is 4.79 Å². The number of carbonyl (C=O) groups excluding carboxylic acids is 1. The van der Waals surface area contributed by atoms with Gasteiger partial charge in [-0.05, 0) is 43.5 Å². The van der Waals surface area contributed by atoms with Gasteiger partial charge in [-0.15, -0.1) is 0 Å². The Hall–Kier alpha value is -2.49. The van der Waals surface area contributed by atoms with Crippen molar-refractivity contribution < 1.29 is 19.0 Å². The number of aryl methyl sites for hydroxylation is 1. The molecule has 0 bridgehead atoms. The molecule has 4 nitrogen and oxygen atoms in total. The van der Waals surface area contributed by atoms with E-state index < -0.39 is 0 Å². The molecule has 134 valence electrons. The zero-order valence-electron chi connectivity index (χ0n) is 14.9. The molecule has 26 heavy (non-hydrogen) atoms. The van der Waals surface area contributed by atoms with Crippen LogP contribution in [0.4, 0.5) is 0 Å². The predicted molar refractivity (Wildman–Crippen MR) is 96.9 cm³/mol. The second kappa shape index (κ2) is 5.76. The number of ether oxygens (including phenoxy) is 3. The lowest BCUT2D eigenvalue weighted by molar-refractivity contribution is -0.0375. The maximum absolute atomic E-state index is 12.1. The normalized spacial score (nSPS) is 24.3. The molecular weight excluding hydrogens is 328 g/mol. The van der Waals surface area contributed by atoms with Crippen LogP contribution in [-0.2, 0) is 10.2 Å². The van der Waals surface area contributed by atoms with Crippen molar-refractivity contribution >= 4 is 5.97 Å². The van der Waals surface area contributed by atoms with E-state index in [2.05, 4.69) is 19.1 Å². The van der Waals surface area contributed by atoms with Gasteiger partial charge in [0.25, 0.3) is 0 Å². The van der Waals surface area contributed by atoms with Crippen molar-refractivity contribution in [3.05, 3.63) is 59.2 Å². The smallest absolute Gasteiger partial charge is 0.338 e. The summed E-state index contributed by atoms with van der Waals surface area (Å²) in [6.45, 7) is 2.87. The molecule has 0 atom stereocenters. The number of carbonyl (C=O) groups is 1. The molecule has 0 radical (unpaired) electrons. The highest BCUT2D eigenvalue weighted by Crippen LogP contribution is 2.59. The molecule has 1 spiro atoms. The Bertz CT molecular complexity index is 848. The standard InChI is InChI=1S/C22H22O4/c1-14-7-8-18(19-20(14)24-13-22(19)9-10-22)25-16-11-17(12-16)26-21(23)15-5-3-2-4-6-15/h2-8,16-17H,9-13H2,1H3. The maximum atomic E-state index is 12.1. The molecule has 2 aromatic carbocycles. The number of rotatable bonds is 4. The van der Waals surface area contributed by atoms with Gasteiger partial charge in [0.2, 0.25) is 0 Å². The Morgan fingerprint density at radius 2 is 1.85 bits per heavy atom. The van der Waals surface area contributed by atoms with E-state index in [0.29, 0.717) is 5.56 Å². The first kappa shape index (κ1) is 15.7. The number of esters is 1. The monoisotopic (exact) mass is 350 g/mol. The zero-order chi connectivity index (χ0) is 17.7. The van der Waals surface area contributed by atoms with Gasteiger partial charge in [-0.2, -0.15) is 0 Å². The number of hydrogen-bond acceptors (Lipinski definition) is 4. The highest BCUT2D eigenvalue weighted by molar-refractivity contribution is 5.89. The summed E-state index contributed by atoms with van der Waals surface area (Å²) in [4.78, 5) is 12.1. The molecule has 1 aliphatic heterocycles. The summed E-state index contributed by atoms with van der Waals surface area (Å²) in [6.07, 6.45) is 3.90. The van der Waals surface area contributed by atoms with Crippen molar-refractivity contribution in [2.75, 3.05) is 6.61 Å². The average Bonchev–Trinajstić information content (AvgIpc) is 3.30. The van der Waals surface area contributed by atoms with E-state index in [1.54, 1.807) is 12.1 Å². The van der Waals surface area contributed by atoms with Crippen LogP contribution in [0.25, 0.3) is 0 Å². The molecular formula is C22H22O4. The van der Waals surface area contributed by atoms with E-state index in [-0.39, 0.29) is 23.6 Å². The fourth-order valence-corrected chi connectivity index (χ4v) is 3.97. The molecule has 0 N–H and O–H groups in total. The van der Waals surface area contributed by atoms with Crippen LogP contribution >= 0.6 is 0 Å². The molecule has 1 heterocycles. The lowest BCUT2D eigenvalue weighted by Gasteiger charge is -2.35. The van der Waals surface area contributed by atoms with Crippen LogP contribution in [-0.4, -0.2) is 24.8 Å². The molecule has 2 aliphatic carbocycles. The second-order valence-electron chi connectivity index (χ2n) is 7.76. The van der Waals surface area contributed by atoms with Crippen molar-refractivity contribution in [1.82, 2.24) is 0 Å². The summed E-state index contributed by atoms with van der Waals surface area (Å²) < 4.78 is 17.8. The molecule has 2 fully saturated rings.